The van der Waals surface area contributed by atoms with Gasteiger partial charge in [0.05, 0.1) is 39.6 Å². The molecule has 1 atom stereocenters. The second kappa shape index (κ2) is 25.9. The lowest BCUT2D eigenvalue weighted by Gasteiger charge is -2.29. The van der Waals surface area contributed by atoms with Gasteiger partial charge in [-0.05, 0) is 92.6 Å². The van der Waals surface area contributed by atoms with Gasteiger partial charge in [0.1, 0.15) is 23.8 Å². The quantitative estimate of drug-likeness (QED) is 0.0365. The number of rotatable bonds is 28. The van der Waals surface area contributed by atoms with E-state index in [4.69, 9.17) is 18.9 Å². The van der Waals surface area contributed by atoms with Crippen LogP contribution in [0.1, 0.15) is 95.5 Å². The number of imide groups is 1. The highest BCUT2D eigenvalue weighted by molar-refractivity contribution is 6.06. The van der Waals surface area contributed by atoms with Crippen LogP contribution in [0.15, 0.2) is 85.3 Å². The number of fused-ring (bicyclic) bond motifs is 1. The van der Waals surface area contributed by atoms with Crippen molar-refractivity contribution in [3.63, 3.8) is 0 Å². The van der Waals surface area contributed by atoms with Gasteiger partial charge in [0.15, 0.2) is 11.6 Å². The van der Waals surface area contributed by atoms with Gasteiger partial charge >= 0.3 is 0 Å². The van der Waals surface area contributed by atoms with E-state index in [2.05, 4.69) is 41.4 Å². The SMILES string of the molecule is Cn1c(CNc2cccc(C(=O)NCc3cccc(OCCCCCCOCCOCCOCCCCC(=O)Nc4cccc5c4CN(C4CCC(=O)NC4=O)C5=O)c3)c2)nnc1-c1ccncn1. The number of hydrogen-bond donors (Lipinski definition) is 4. The predicted octanol–water partition coefficient (Wildman–Crippen LogP) is 5.37. The monoisotopic (exact) mass is 944 g/mol. The molecule has 364 valence electrons. The Balaban J connectivity index is 0.655. The molecule has 5 amide bonds. The van der Waals surface area contributed by atoms with E-state index in [-0.39, 0.29) is 43.0 Å². The minimum Gasteiger partial charge on any atom is -0.494 e. The minimum atomic E-state index is -0.710. The third-order valence-electron chi connectivity index (χ3n) is 11.7. The number of hydrogen-bond acceptors (Lipinski definition) is 14. The molecule has 0 bridgehead atoms. The number of benzene rings is 3. The zero-order valence-electron chi connectivity index (χ0n) is 39.0. The van der Waals surface area contributed by atoms with Gasteiger partial charge in [-0.2, -0.15) is 0 Å². The Morgan fingerprint density at radius 1 is 0.797 bits per heavy atom. The molecule has 19 nitrogen and oxygen atoms in total. The fourth-order valence-corrected chi connectivity index (χ4v) is 7.94. The largest absolute Gasteiger partial charge is 0.494 e. The number of amides is 5. The second-order valence-electron chi connectivity index (χ2n) is 16.7. The summed E-state index contributed by atoms with van der Waals surface area (Å²) in [5, 5.41) is 20.1. The van der Waals surface area contributed by atoms with Crippen LogP contribution >= 0.6 is 0 Å². The van der Waals surface area contributed by atoms with E-state index in [1.54, 1.807) is 36.5 Å². The predicted molar refractivity (Wildman–Crippen MR) is 255 cm³/mol. The molecule has 69 heavy (non-hydrogen) atoms. The molecule has 19 heteroatoms. The van der Waals surface area contributed by atoms with E-state index in [0.29, 0.717) is 112 Å². The number of piperidine rings is 1. The summed E-state index contributed by atoms with van der Waals surface area (Å²) in [5.41, 5.74) is 4.65. The third kappa shape index (κ3) is 14.7. The van der Waals surface area contributed by atoms with Gasteiger partial charge in [-0.15, -0.1) is 10.2 Å². The van der Waals surface area contributed by atoms with E-state index >= 15 is 0 Å². The van der Waals surface area contributed by atoms with E-state index in [1.807, 2.05) is 54.1 Å². The highest BCUT2D eigenvalue weighted by atomic mass is 16.5. The van der Waals surface area contributed by atoms with Crippen LogP contribution < -0.4 is 26.0 Å². The molecule has 0 radical (unpaired) electrons. The maximum Gasteiger partial charge on any atom is 0.255 e. The van der Waals surface area contributed by atoms with Crippen LogP contribution in [0.25, 0.3) is 11.5 Å². The van der Waals surface area contributed by atoms with Crippen molar-refractivity contribution in [1.82, 2.24) is 40.3 Å². The summed E-state index contributed by atoms with van der Waals surface area (Å²) in [6.07, 6.45) is 9.20. The van der Waals surface area contributed by atoms with Gasteiger partial charge in [0.2, 0.25) is 17.7 Å². The lowest BCUT2D eigenvalue weighted by Crippen LogP contribution is -2.52. The summed E-state index contributed by atoms with van der Waals surface area (Å²) in [7, 11) is 1.88. The normalized spacial score (nSPS) is 14.4. The zero-order chi connectivity index (χ0) is 48.2. The van der Waals surface area contributed by atoms with Crippen molar-refractivity contribution >= 4 is 40.9 Å². The van der Waals surface area contributed by atoms with Crippen molar-refractivity contribution in [2.45, 2.75) is 83.5 Å². The number of nitrogens with zero attached hydrogens (tertiary/aromatic N) is 6. The maximum atomic E-state index is 13.0. The zero-order valence-corrected chi connectivity index (χ0v) is 39.0. The van der Waals surface area contributed by atoms with Gasteiger partial charge < -0.3 is 44.4 Å². The van der Waals surface area contributed by atoms with Gasteiger partial charge in [-0.25, -0.2) is 9.97 Å². The number of aromatic nitrogens is 5. The number of nitrogens with one attached hydrogen (secondary N) is 4. The molecule has 0 saturated carbocycles. The fraction of sp³-hybridized carbons (Fsp3) is 0.420. The first-order valence-electron chi connectivity index (χ1n) is 23.5. The van der Waals surface area contributed by atoms with Gasteiger partial charge in [-0.3, -0.25) is 29.3 Å². The summed E-state index contributed by atoms with van der Waals surface area (Å²) in [4.78, 5) is 72.4. The molecular formula is C50H60N10O9. The number of carbonyl (C=O) groups excluding carboxylic acids is 5. The molecule has 2 aliphatic heterocycles. The Labute approximate surface area is 401 Å². The number of anilines is 2. The fourth-order valence-electron chi connectivity index (χ4n) is 7.94. The molecule has 2 aliphatic rings. The highest BCUT2D eigenvalue weighted by Crippen LogP contribution is 2.32. The lowest BCUT2D eigenvalue weighted by molar-refractivity contribution is -0.137. The van der Waals surface area contributed by atoms with Crippen LogP contribution in [-0.4, -0.2) is 111 Å². The molecule has 3 aromatic carbocycles. The van der Waals surface area contributed by atoms with Crippen molar-refractivity contribution in [2.75, 3.05) is 56.9 Å². The summed E-state index contributed by atoms with van der Waals surface area (Å²) in [6.45, 7) is 4.69. The van der Waals surface area contributed by atoms with E-state index in [0.717, 1.165) is 48.5 Å². The van der Waals surface area contributed by atoms with Crippen LogP contribution in [0.3, 0.4) is 0 Å². The molecule has 1 unspecified atom stereocenters. The second-order valence-corrected chi connectivity index (χ2v) is 16.7. The van der Waals surface area contributed by atoms with Crippen molar-refractivity contribution in [2.24, 2.45) is 7.05 Å². The third-order valence-corrected chi connectivity index (χ3v) is 11.7. The van der Waals surface area contributed by atoms with Crippen LogP contribution in [0, 0.1) is 0 Å². The Kier molecular flexibility index (Phi) is 18.7. The first-order chi connectivity index (χ1) is 33.7. The molecule has 2 aromatic heterocycles. The van der Waals surface area contributed by atoms with Crippen LogP contribution in [0.5, 0.6) is 5.75 Å². The maximum absolute atomic E-state index is 13.0. The van der Waals surface area contributed by atoms with Crippen LogP contribution in [-0.2, 0) is 55.3 Å². The summed E-state index contributed by atoms with van der Waals surface area (Å²) in [6, 6.07) is 21.3. The first-order valence-corrected chi connectivity index (χ1v) is 23.5. The lowest BCUT2D eigenvalue weighted by atomic mass is 10.0. The molecule has 1 saturated heterocycles. The average molecular weight is 945 g/mol. The molecule has 1 fully saturated rings. The Bertz CT molecular complexity index is 2520. The standard InChI is InChI=1S/C50H60N10O9/c1-59-44(57-58-47(59)42-20-21-51-34-54-42)32-52-37-13-9-12-36(30-37)48(63)53-31-35-11-8-14-38(29-35)69-24-6-3-2-5-22-66-25-27-68-28-26-67-23-7-4-17-45(61)55-41-16-10-15-39-40(41)33-60(50(39)65)43-18-19-46(62)56-49(43)64/h8-16,20-21,29-30,34,43,52H,2-7,17-19,22-28,31-33H2,1H3,(H,53,63)(H,55,61)(H,56,62,64). The summed E-state index contributed by atoms with van der Waals surface area (Å²) >= 11 is 0. The first kappa shape index (κ1) is 49.8. The summed E-state index contributed by atoms with van der Waals surface area (Å²) in [5.74, 6) is 0.710. The molecule has 4 N–H and O–H groups in total. The van der Waals surface area contributed by atoms with Crippen molar-refractivity contribution in [1.29, 1.82) is 0 Å². The van der Waals surface area contributed by atoms with Crippen molar-refractivity contribution in [3.05, 3.63) is 113 Å². The molecule has 0 aliphatic carbocycles. The summed E-state index contributed by atoms with van der Waals surface area (Å²) < 4.78 is 24.9. The van der Waals surface area contributed by atoms with Crippen LogP contribution in [0.4, 0.5) is 11.4 Å². The molecule has 5 aromatic rings. The Morgan fingerprint density at radius 2 is 1.55 bits per heavy atom. The smallest absolute Gasteiger partial charge is 0.255 e. The van der Waals surface area contributed by atoms with Crippen molar-refractivity contribution in [3.8, 4) is 17.3 Å². The van der Waals surface area contributed by atoms with Gasteiger partial charge in [0, 0.05) is 80.5 Å². The minimum absolute atomic E-state index is 0.160. The number of ether oxygens (including phenoxy) is 4. The van der Waals surface area contributed by atoms with Crippen LogP contribution in [0.2, 0.25) is 0 Å². The molecule has 7 rings (SSSR count). The molecule has 0 spiro atoms. The number of carbonyl (C=O) groups is 5. The van der Waals surface area contributed by atoms with E-state index in [1.165, 1.54) is 11.2 Å². The van der Waals surface area contributed by atoms with Crippen molar-refractivity contribution < 1.29 is 42.9 Å². The highest BCUT2D eigenvalue weighted by Gasteiger charge is 2.40. The topological polar surface area (TPSA) is 230 Å². The van der Waals surface area contributed by atoms with E-state index in [9.17, 15) is 24.0 Å². The Morgan fingerprint density at radius 3 is 2.33 bits per heavy atom. The van der Waals surface area contributed by atoms with Gasteiger partial charge in [-0.1, -0.05) is 30.7 Å². The molecular weight excluding hydrogens is 885 g/mol. The van der Waals surface area contributed by atoms with E-state index < -0.39 is 11.9 Å². The van der Waals surface area contributed by atoms with Gasteiger partial charge in [0.25, 0.3) is 11.8 Å². The average Bonchev–Trinajstić information content (AvgIpc) is 3.91. The Hall–Kier alpha value is -7.09. The number of unbranched alkanes of at least 4 members (excludes halogenated alkanes) is 4. The molecule has 4 heterocycles.